The Labute approximate surface area is 111 Å². The number of fused-ring (bicyclic) bond motifs is 3. The number of urea groups is 1. The van der Waals surface area contributed by atoms with Gasteiger partial charge in [0, 0.05) is 6.54 Å². The van der Waals surface area contributed by atoms with Crippen LogP contribution < -0.4 is 10.6 Å². The molecule has 2 aromatic carbocycles. The largest absolute Gasteiger partial charge is 0.336 e. The van der Waals surface area contributed by atoms with Crippen molar-refractivity contribution in [1.29, 1.82) is 0 Å². The maximum atomic E-state index is 11.2. The molecule has 2 aliphatic rings. The van der Waals surface area contributed by atoms with Gasteiger partial charge in [0.1, 0.15) is 0 Å². The van der Waals surface area contributed by atoms with Crippen molar-refractivity contribution in [1.82, 2.24) is 10.6 Å². The van der Waals surface area contributed by atoms with Crippen molar-refractivity contribution in [3.8, 4) is 11.1 Å². The highest BCUT2D eigenvalue weighted by Crippen LogP contribution is 2.37. The fourth-order valence-corrected chi connectivity index (χ4v) is 3.04. The van der Waals surface area contributed by atoms with E-state index < -0.39 is 0 Å². The van der Waals surface area contributed by atoms with Crippen LogP contribution >= 0.6 is 0 Å². The van der Waals surface area contributed by atoms with E-state index in [1.165, 1.54) is 27.8 Å². The van der Waals surface area contributed by atoms with Crippen LogP contribution in [-0.4, -0.2) is 12.6 Å². The Hall–Kier alpha value is -2.29. The van der Waals surface area contributed by atoms with Crippen molar-refractivity contribution in [2.75, 3.05) is 6.54 Å². The average Bonchev–Trinajstić information content (AvgIpc) is 3.01. The van der Waals surface area contributed by atoms with Crippen molar-refractivity contribution in [3.05, 3.63) is 59.2 Å². The van der Waals surface area contributed by atoms with Crippen molar-refractivity contribution >= 4 is 6.03 Å². The summed E-state index contributed by atoms with van der Waals surface area (Å²) in [6, 6.07) is 15.1. The Bertz CT molecular complexity index is 678. The number of benzene rings is 2. The first-order chi connectivity index (χ1) is 9.31. The third-order valence-corrected chi connectivity index (χ3v) is 3.99. The molecule has 19 heavy (non-hydrogen) atoms. The Morgan fingerprint density at radius 2 is 1.84 bits per heavy atom. The van der Waals surface area contributed by atoms with E-state index in [1.807, 2.05) is 0 Å². The van der Waals surface area contributed by atoms with Gasteiger partial charge in [-0.15, -0.1) is 0 Å². The van der Waals surface area contributed by atoms with Crippen molar-refractivity contribution in [2.45, 2.75) is 12.5 Å². The first-order valence-corrected chi connectivity index (χ1v) is 6.57. The molecule has 1 heterocycles. The molecule has 1 aliphatic carbocycles. The minimum atomic E-state index is -0.0752. The SMILES string of the molecule is O=C1NC[C@H](c2ccc3c(c2)Cc2ccccc2-3)N1. The first-order valence-electron chi connectivity index (χ1n) is 6.57. The zero-order chi connectivity index (χ0) is 12.8. The summed E-state index contributed by atoms with van der Waals surface area (Å²) in [4.78, 5) is 11.2. The second kappa shape index (κ2) is 3.85. The highest BCUT2D eigenvalue weighted by atomic mass is 16.2. The van der Waals surface area contributed by atoms with E-state index in [4.69, 9.17) is 0 Å². The molecule has 0 aromatic heterocycles. The number of amides is 2. The highest BCUT2D eigenvalue weighted by molar-refractivity contribution is 5.78. The van der Waals surface area contributed by atoms with Gasteiger partial charge in [0.2, 0.25) is 0 Å². The fourth-order valence-electron chi connectivity index (χ4n) is 3.04. The van der Waals surface area contributed by atoms with E-state index in [2.05, 4.69) is 53.1 Å². The Balaban J connectivity index is 1.73. The lowest BCUT2D eigenvalue weighted by molar-refractivity contribution is 0.247. The van der Waals surface area contributed by atoms with Crippen LogP contribution in [0.25, 0.3) is 11.1 Å². The van der Waals surface area contributed by atoms with Crippen LogP contribution in [-0.2, 0) is 6.42 Å². The molecular weight excluding hydrogens is 236 g/mol. The van der Waals surface area contributed by atoms with Crippen molar-refractivity contribution in [3.63, 3.8) is 0 Å². The molecule has 0 bridgehead atoms. The lowest BCUT2D eigenvalue weighted by Crippen LogP contribution is -2.21. The van der Waals surface area contributed by atoms with Crippen LogP contribution in [0, 0.1) is 0 Å². The zero-order valence-electron chi connectivity index (χ0n) is 10.4. The smallest absolute Gasteiger partial charge is 0.315 e. The van der Waals surface area contributed by atoms with Crippen LogP contribution in [0.3, 0.4) is 0 Å². The third kappa shape index (κ3) is 1.62. The molecule has 1 fully saturated rings. The molecule has 2 amide bonds. The lowest BCUT2D eigenvalue weighted by atomic mass is 10.00. The van der Waals surface area contributed by atoms with Gasteiger partial charge in [-0.2, -0.15) is 0 Å². The van der Waals surface area contributed by atoms with Gasteiger partial charge >= 0.3 is 6.03 Å². The monoisotopic (exact) mass is 250 g/mol. The number of rotatable bonds is 1. The van der Waals surface area contributed by atoms with Gasteiger partial charge in [0.25, 0.3) is 0 Å². The summed E-state index contributed by atoms with van der Waals surface area (Å²) in [6.07, 6.45) is 0.993. The molecule has 1 atom stereocenters. The van der Waals surface area contributed by atoms with E-state index >= 15 is 0 Å². The predicted molar refractivity (Wildman–Crippen MR) is 74.0 cm³/mol. The van der Waals surface area contributed by atoms with E-state index in [0.717, 1.165) is 6.42 Å². The molecule has 2 aromatic rings. The summed E-state index contributed by atoms with van der Waals surface area (Å²) in [5.74, 6) is 0. The van der Waals surface area contributed by atoms with Crippen molar-refractivity contribution in [2.24, 2.45) is 0 Å². The second-order valence-electron chi connectivity index (χ2n) is 5.16. The Morgan fingerprint density at radius 3 is 2.68 bits per heavy atom. The number of carbonyl (C=O) groups is 1. The quantitative estimate of drug-likeness (QED) is 0.685. The molecule has 3 heteroatoms. The molecular formula is C16H14N2O. The van der Waals surface area contributed by atoms with E-state index in [-0.39, 0.29) is 12.1 Å². The molecule has 4 rings (SSSR count). The summed E-state index contributed by atoms with van der Waals surface area (Å²) in [5.41, 5.74) is 6.61. The van der Waals surface area contributed by atoms with Crippen LogP contribution in [0.1, 0.15) is 22.7 Å². The summed E-state index contributed by atoms with van der Waals surface area (Å²) in [6.45, 7) is 0.671. The van der Waals surface area contributed by atoms with Gasteiger partial charge in [-0.1, -0.05) is 42.5 Å². The lowest BCUT2D eigenvalue weighted by Gasteiger charge is -2.11. The van der Waals surface area contributed by atoms with Crippen LogP contribution in [0.5, 0.6) is 0 Å². The maximum absolute atomic E-state index is 11.2. The fraction of sp³-hybridized carbons (Fsp3) is 0.188. The minimum Gasteiger partial charge on any atom is -0.336 e. The molecule has 0 radical (unpaired) electrons. The normalized spacial score (nSPS) is 19.6. The standard InChI is InChI=1S/C16H14N2O/c19-16-17-9-15(18-16)11-5-6-14-12(8-11)7-10-3-1-2-4-13(10)14/h1-6,8,15H,7,9H2,(H2,17,18,19)/t15-/m1/s1. The average molecular weight is 250 g/mol. The summed E-state index contributed by atoms with van der Waals surface area (Å²) >= 11 is 0. The number of hydrogen-bond acceptors (Lipinski definition) is 1. The van der Waals surface area contributed by atoms with E-state index in [0.29, 0.717) is 6.54 Å². The van der Waals surface area contributed by atoms with Gasteiger partial charge in [-0.3, -0.25) is 0 Å². The van der Waals surface area contributed by atoms with Gasteiger partial charge in [-0.05, 0) is 34.2 Å². The summed E-state index contributed by atoms with van der Waals surface area (Å²) in [7, 11) is 0. The maximum Gasteiger partial charge on any atom is 0.315 e. The highest BCUT2D eigenvalue weighted by Gasteiger charge is 2.24. The number of carbonyl (C=O) groups excluding carboxylic acids is 1. The predicted octanol–water partition coefficient (Wildman–Crippen LogP) is 2.61. The molecule has 2 N–H and O–H groups in total. The van der Waals surface area contributed by atoms with Gasteiger partial charge in [0.05, 0.1) is 6.04 Å². The number of hydrogen-bond donors (Lipinski definition) is 2. The topological polar surface area (TPSA) is 41.1 Å². The second-order valence-corrected chi connectivity index (χ2v) is 5.16. The molecule has 0 spiro atoms. The van der Waals surface area contributed by atoms with E-state index in [1.54, 1.807) is 0 Å². The molecule has 1 aliphatic heterocycles. The minimum absolute atomic E-state index is 0.0752. The molecule has 1 saturated heterocycles. The van der Waals surface area contributed by atoms with Crippen LogP contribution in [0.15, 0.2) is 42.5 Å². The molecule has 3 nitrogen and oxygen atoms in total. The molecule has 94 valence electrons. The zero-order valence-corrected chi connectivity index (χ0v) is 10.4. The van der Waals surface area contributed by atoms with Crippen molar-refractivity contribution < 1.29 is 4.79 Å². The van der Waals surface area contributed by atoms with Gasteiger partial charge < -0.3 is 10.6 Å². The summed E-state index contributed by atoms with van der Waals surface area (Å²) < 4.78 is 0. The molecule has 0 unspecified atom stereocenters. The van der Waals surface area contributed by atoms with Gasteiger partial charge in [0.15, 0.2) is 0 Å². The third-order valence-electron chi connectivity index (χ3n) is 3.99. The Kier molecular flexibility index (Phi) is 2.15. The van der Waals surface area contributed by atoms with E-state index in [9.17, 15) is 4.79 Å². The van der Waals surface area contributed by atoms with Crippen LogP contribution in [0.4, 0.5) is 4.79 Å². The summed E-state index contributed by atoms with van der Waals surface area (Å²) in [5, 5.41) is 5.74. The number of nitrogens with one attached hydrogen (secondary N) is 2. The molecule has 0 saturated carbocycles. The Morgan fingerprint density at radius 1 is 1.00 bits per heavy atom. The first kappa shape index (κ1) is 10.6. The van der Waals surface area contributed by atoms with Crippen LogP contribution in [0.2, 0.25) is 0 Å². The van der Waals surface area contributed by atoms with Gasteiger partial charge in [-0.25, -0.2) is 4.79 Å².